The molecule has 0 saturated carbocycles. The Bertz CT molecular complexity index is 544. The number of hydrogen-bond donors (Lipinski definition) is 1. The van der Waals surface area contributed by atoms with Crippen LogP contribution in [0.25, 0.3) is 11.4 Å². The SMILES string of the molecule is CC(C)Cn1nnc(-c2ccc(C(N)=O)cc2)n1. The third kappa shape index (κ3) is 2.71. The first kappa shape index (κ1) is 12.2. The van der Waals surface area contributed by atoms with E-state index in [9.17, 15) is 4.79 Å². The number of aromatic nitrogens is 4. The highest BCUT2D eigenvalue weighted by molar-refractivity contribution is 5.93. The molecule has 18 heavy (non-hydrogen) atoms. The minimum atomic E-state index is -0.446. The molecule has 2 rings (SSSR count). The van der Waals surface area contributed by atoms with Gasteiger partial charge in [-0.1, -0.05) is 26.0 Å². The van der Waals surface area contributed by atoms with E-state index < -0.39 is 5.91 Å². The van der Waals surface area contributed by atoms with Crippen LogP contribution in [0.5, 0.6) is 0 Å². The molecule has 0 fully saturated rings. The van der Waals surface area contributed by atoms with Crippen LogP contribution in [0.4, 0.5) is 0 Å². The van der Waals surface area contributed by atoms with E-state index in [1.54, 1.807) is 29.1 Å². The molecule has 0 atom stereocenters. The smallest absolute Gasteiger partial charge is 0.248 e. The maximum absolute atomic E-state index is 10.9. The summed E-state index contributed by atoms with van der Waals surface area (Å²) in [6.45, 7) is 4.90. The monoisotopic (exact) mass is 245 g/mol. The Labute approximate surface area is 105 Å². The van der Waals surface area contributed by atoms with Crippen LogP contribution in [0.1, 0.15) is 24.2 Å². The first-order valence-electron chi connectivity index (χ1n) is 5.74. The van der Waals surface area contributed by atoms with E-state index in [1.807, 2.05) is 0 Å². The van der Waals surface area contributed by atoms with Gasteiger partial charge < -0.3 is 5.73 Å². The third-order valence-corrected chi connectivity index (χ3v) is 2.41. The molecule has 0 saturated heterocycles. The predicted molar refractivity (Wildman–Crippen MR) is 66.6 cm³/mol. The van der Waals surface area contributed by atoms with E-state index in [2.05, 4.69) is 29.3 Å². The Morgan fingerprint density at radius 3 is 2.56 bits per heavy atom. The first-order valence-corrected chi connectivity index (χ1v) is 5.74. The minimum Gasteiger partial charge on any atom is -0.366 e. The van der Waals surface area contributed by atoms with E-state index in [-0.39, 0.29) is 0 Å². The second-order valence-electron chi connectivity index (χ2n) is 4.50. The molecular weight excluding hydrogens is 230 g/mol. The molecule has 0 aliphatic heterocycles. The molecule has 0 unspecified atom stereocenters. The van der Waals surface area contributed by atoms with Crippen molar-refractivity contribution < 1.29 is 4.79 Å². The van der Waals surface area contributed by atoms with Gasteiger partial charge >= 0.3 is 0 Å². The van der Waals surface area contributed by atoms with Crippen molar-refractivity contribution in [3.8, 4) is 11.4 Å². The van der Waals surface area contributed by atoms with Crippen LogP contribution >= 0.6 is 0 Å². The fourth-order valence-electron chi connectivity index (χ4n) is 1.55. The topological polar surface area (TPSA) is 86.7 Å². The molecule has 2 N–H and O–H groups in total. The lowest BCUT2D eigenvalue weighted by Gasteiger charge is -2.00. The fourth-order valence-corrected chi connectivity index (χ4v) is 1.55. The molecule has 2 aromatic rings. The number of carbonyl (C=O) groups is 1. The van der Waals surface area contributed by atoms with Crippen LogP contribution in [-0.2, 0) is 6.54 Å². The van der Waals surface area contributed by atoms with Gasteiger partial charge in [-0.15, -0.1) is 10.2 Å². The highest BCUT2D eigenvalue weighted by atomic mass is 16.1. The van der Waals surface area contributed by atoms with Crippen molar-refractivity contribution in [3.63, 3.8) is 0 Å². The highest BCUT2D eigenvalue weighted by Gasteiger charge is 2.07. The molecule has 0 aliphatic carbocycles. The summed E-state index contributed by atoms with van der Waals surface area (Å²) in [4.78, 5) is 12.5. The van der Waals surface area contributed by atoms with E-state index in [4.69, 9.17) is 5.73 Å². The number of hydrogen-bond acceptors (Lipinski definition) is 4. The van der Waals surface area contributed by atoms with E-state index in [1.165, 1.54) is 0 Å². The number of rotatable bonds is 4. The number of tetrazole rings is 1. The second kappa shape index (κ2) is 4.95. The molecule has 1 aromatic heterocycles. The maximum Gasteiger partial charge on any atom is 0.248 e. The van der Waals surface area contributed by atoms with Gasteiger partial charge in [-0.05, 0) is 23.3 Å². The third-order valence-electron chi connectivity index (χ3n) is 2.41. The van der Waals surface area contributed by atoms with Crippen molar-refractivity contribution in [1.29, 1.82) is 0 Å². The summed E-state index contributed by atoms with van der Waals surface area (Å²) in [5, 5.41) is 12.2. The maximum atomic E-state index is 10.9. The summed E-state index contributed by atoms with van der Waals surface area (Å²) >= 11 is 0. The quantitative estimate of drug-likeness (QED) is 0.873. The summed E-state index contributed by atoms with van der Waals surface area (Å²) < 4.78 is 0. The van der Waals surface area contributed by atoms with Gasteiger partial charge in [0.15, 0.2) is 0 Å². The standard InChI is InChI=1S/C12H15N5O/c1-8(2)7-17-15-12(14-16-17)10-5-3-9(4-6-10)11(13)18/h3-6,8H,7H2,1-2H3,(H2,13,18). The normalized spacial score (nSPS) is 10.8. The van der Waals surface area contributed by atoms with Crippen LogP contribution in [0.2, 0.25) is 0 Å². The predicted octanol–water partition coefficient (Wildman–Crippen LogP) is 1.09. The number of benzene rings is 1. The lowest BCUT2D eigenvalue weighted by Crippen LogP contribution is -2.10. The van der Waals surface area contributed by atoms with E-state index in [0.29, 0.717) is 17.3 Å². The zero-order valence-electron chi connectivity index (χ0n) is 10.4. The molecule has 0 radical (unpaired) electrons. The molecule has 1 heterocycles. The average Bonchev–Trinajstić information content (AvgIpc) is 2.76. The van der Waals surface area contributed by atoms with Gasteiger partial charge in [0.25, 0.3) is 0 Å². The number of amides is 1. The lowest BCUT2D eigenvalue weighted by atomic mass is 10.1. The average molecular weight is 245 g/mol. The Balaban J connectivity index is 2.20. The number of nitrogens with zero attached hydrogens (tertiary/aromatic N) is 4. The molecule has 94 valence electrons. The summed E-state index contributed by atoms with van der Waals surface area (Å²) in [5.74, 6) is 0.564. The zero-order chi connectivity index (χ0) is 13.1. The van der Waals surface area contributed by atoms with Crippen molar-refractivity contribution in [3.05, 3.63) is 29.8 Å². The van der Waals surface area contributed by atoms with E-state index in [0.717, 1.165) is 12.1 Å². The van der Waals surface area contributed by atoms with Crippen molar-refractivity contribution in [2.45, 2.75) is 20.4 Å². The minimum absolute atomic E-state index is 0.446. The van der Waals surface area contributed by atoms with Crippen LogP contribution in [0.3, 0.4) is 0 Å². The van der Waals surface area contributed by atoms with Crippen molar-refractivity contribution in [2.24, 2.45) is 11.7 Å². The largest absolute Gasteiger partial charge is 0.366 e. The van der Waals surface area contributed by atoms with Crippen LogP contribution in [-0.4, -0.2) is 26.1 Å². The Kier molecular flexibility index (Phi) is 3.36. The lowest BCUT2D eigenvalue weighted by molar-refractivity contribution is 0.100. The fraction of sp³-hybridized carbons (Fsp3) is 0.333. The molecule has 6 heteroatoms. The molecule has 1 amide bonds. The summed E-state index contributed by atoms with van der Waals surface area (Å²) in [6, 6.07) is 6.83. The number of nitrogens with two attached hydrogens (primary N) is 1. The Hall–Kier alpha value is -2.24. The summed E-state index contributed by atoms with van der Waals surface area (Å²) in [7, 11) is 0. The van der Waals surface area contributed by atoms with Crippen molar-refractivity contribution in [1.82, 2.24) is 20.2 Å². The van der Waals surface area contributed by atoms with E-state index >= 15 is 0 Å². The highest BCUT2D eigenvalue weighted by Crippen LogP contribution is 2.14. The molecule has 1 aromatic carbocycles. The van der Waals surface area contributed by atoms with Gasteiger partial charge in [-0.3, -0.25) is 4.79 Å². The summed E-state index contributed by atoms with van der Waals surface area (Å²) in [5.41, 5.74) is 6.46. The zero-order valence-corrected chi connectivity index (χ0v) is 10.4. The molecule has 0 spiro atoms. The van der Waals surface area contributed by atoms with Crippen LogP contribution in [0, 0.1) is 5.92 Å². The first-order chi connectivity index (χ1) is 8.56. The van der Waals surface area contributed by atoms with Crippen LogP contribution in [0.15, 0.2) is 24.3 Å². The Morgan fingerprint density at radius 2 is 2.00 bits per heavy atom. The Morgan fingerprint density at radius 1 is 1.33 bits per heavy atom. The van der Waals surface area contributed by atoms with Gasteiger partial charge in [0, 0.05) is 11.1 Å². The van der Waals surface area contributed by atoms with Gasteiger partial charge in [0.2, 0.25) is 11.7 Å². The molecule has 0 bridgehead atoms. The second-order valence-corrected chi connectivity index (χ2v) is 4.50. The number of primary amides is 1. The number of carbonyl (C=O) groups excluding carboxylic acids is 1. The van der Waals surface area contributed by atoms with Gasteiger partial charge in [-0.25, -0.2) is 0 Å². The van der Waals surface area contributed by atoms with Crippen molar-refractivity contribution >= 4 is 5.91 Å². The summed E-state index contributed by atoms with van der Waals surface area (Å²) in [6.07, 6.45) is 0. The van der Waals surface area contributed by atoms with Gasteiger partial charge in [-0.2, -0.15) is 4.80 Å². The molecule has 6 nitrogen and oxygen atoms in total. The van der Waals surface area contributed by atoms with Gasteiger partial charge in [0.05, 0.1) is 6.54 Å². The molecular formula is C12H15N5O. The van der Waals surface area contributed by atoms with Gasteiger partial charge in [0.1, 0.15) is 0 Å². The van der Waals surface area contributed by atoms with Crippen molar-refractivity contribution in [2.75, 3.05) is 0 Å². The van der Waals surface area contributed by atoms with Crippen LogP contribution < -0.4 is 5.73 Å². The molecule has 0 aliphatic rings.